The van der Waals surface area contributed by atoms with Crippen LogP contribution in [0.4, 0.5) is 13.2 Å². The van der Waals surface area contributed by atoms with Crippen LogP contribution in [0.25, 0.3) is 0 Å². The number of nitrogens with two attached hydrogens (primary N) is 1. The van der Waals surface area contributed by atoms with Gasteiger partial charge in [-0.15, -0.1) is 0 Å². The fourth-order valence-corrected chi connectivity index (χ4v) is 2.81. The summed E-state index contributed by atoms with van der Waals surface area (Å²) in [7, 11) is 0. The number of hydrogen-bond acceptors (Lipinski definition) is 3. The number of fused-ring (bicyclic) bond motifs is 1. The minimum absolute atomic E-state index is 0.137. The monoisotopic (exact) mass is 342 g/mol. The minimum Gasteiger partial charge on any atom is -0.484 e. The van der Waals surface area contributed by atoms with Gasteiger partial charge in [0.05, 0.1) is 11.3 Å². The number of aromatic nitrogens is 1. The van der Waals surface area contributed by atoms with Gasteiger partial charge in [0.1, 0.15) is 17.0 Å². The Hall–Kier alpha value is -1.79. The van der Waals surface area contributed by atoms with Crippen LogP contribution in [0.3, 0.4) is 0 Å². The second-order valence-corrected chi connectivity index (χ2v) is 5.81. The third-order valence-electron chi connectivity index (χ3n) is 3.83. The molecule has 0 bridgehead atoms. The molecule has 2 unspecified atom stereocenters. The van der Waals surface area contributed by atoms with Crippen molar-refractivity contribution in [3.05, 3.63) is 58.4 Å². The average molecular weight is 343 g/mol. The summed E-state index contributed by atoms with van der Waals surface area (Å²) in [5.41, 5.74) is 6.85. The molecule has 1 aromatic heterocycles. The van der Waals surface area contributed by atoms with Gasteiger partial charge < -0.3 is 10.5 Å². The molecule has 0 saturated heterocycles. The molecule has 3 rings (SSSR count). The second-order valence-electron chi connectivity index (χ2n) is 5.42. The zero-order chi connectivity index (χ0) is 16.6. The van der Waals surface area contributed by atoms with Crippen LogP contribution < -0.4 is 10.5 Å². The lowest BCUT2D eigenvalue weighted by atomic mass is 9.90. The molecule has 2 atom stereocenters. The highest BCUT2D eigenvalue weighted by molar-refractivity contribution is 6.29. The molecule has 1 aromatic carbocycles. The molecule has 0 spiro atoms. The number of rotatable bonds is 2. The van der Waals surface area contributed by atoms with Crippen molar-refractivity contribution in [1.82, 2.24) is 4.98 Å². The van der Waals surface area contributed by atoms with Crippen molar-refractivity contribution in [2.45, 2.75) is 31.2 Å². The molecule has 23 heavy (non-hydrogen) atoms. The zero-order valence-corrected chi connectivity index (χ0v) is 12.7. The Bertz CT molecular complexity index is 703. The van der Waals surface area contributed by atoms with Gasteiger partial charge in [0.15, 0.2) is 0 Å². The van der Waals surface area contributed by atoms with E-state index in [-0.39, 0.29) is 12.1 Å². The van der Waals surface area contributed by atoms with Crippen molar-refractivity contribution in [3.63, 3.8) is 0 Å². The lowest BCUT2D eigenvalue weighted by molar-refractivity contribution is -0.137. The first-order valence-electron chi connectivity index (χ1n) is 7.10. The number of hydrogen-bond donors (Lipinski definition) is 1. The van der Waals surface area contributed by atoms with E-state index in [1.54, 1.807) is 6.07 Å². The summed E-state index contributed by atoms with van der Waals surface area (Å²) in [6.07, 6.45) is -3.40. The van der Waals surface area contributed by atoms with Gasteiger partial charge in [-0.3, -0.25) is 0 Å². The Kier molecular flexibility index (Phi) is 4.21. The number of alkyl halides is 3. The van der Waals surface area contributed by atoms with Gasteiger partial charge in [0.2, 0.25) is 0 Å². The standard InChI is InChI=1S/C16H14ClF3N2O/c17-14-8-5-11-12(21)6-7-13(15(11)22-14)23-10-3-1-9(2-4-10)16(18,19)20/h1-5,8,12-13H,6-7,21H2. The normalized spacial score (nSPS) is 20.9. The van der Waals surface area contributed by atoms with Crippen molar-refractivity contribution in [2.24, 2.45) is 5.73 Å². The maximum absolute atomic E-state index is 12.6. The SMILES string of the molecule is NC1CCC(Oc2ccc(C(F)(F)F)cc2)c2nc(Cl)ccc21. The van der Waals surface area contributed by atoms with E-state index in [0.717, 1.165) is 17.7 Å². The molecule has 1 aliphatic rings. The lowest BCUT2D eigenvalue weighted by Crippen LogP contribution is -2.24. The van der Waals surface area contributed by atoms with Crippen LogP contribution in [0.2, 0.25) is 5.15 Å². The van der Waals surface area contributed by atoms with E-state index < -0.39 is 11.7 Å². The minimum atomic E-state index is -4.36. The third kappa shape index (κ3) is 3.43. The largest absolute Gasteiger partial charge is 0.484 e. The van der Waals surface area contributed by atoms with E-state index in [1.807, 2.05) is 6.07 Å². The van der Waals surface area contributed by atoms with Crippen LogP contribution >= 0.6 is 11.6 Å². The first-order valence-corrected chi connectivity index (χ1v) is 7.48. The number of ether oxygens (including phenoxy) is 1. The van der Waals surface area contributed by atoms with Gasteiger partial charge in [0.25, 0.3) is 0 Å². The predicted molar refractivity (Wildman–Crippen MR) is 80.2 cm³/mol. The molecule has 0 saturated carbocycles. The maximum Gasteiger partial charge on any atom is 0.416 e. The van der Waals surface area contributed by atoms with E-state index in [9.17, 15) is 13.2 Å². The number of nitrogens with zero attached hydrogens (tertiary/aromatic N) is 1. The first-order chi connectivity index (χ1) is 10.8. The molecule has 122 valence electrons. The molecule has 3 nitrogen and oxygen atoms in total. The Morgan fingerprint density at radius 3 is 2.43 bits per heavy atom. The summed E-state index contributed by atoms with van der Waals surface area (Å²) < 4.78 is 43.6. The highest BCUT2D eigenvalue weighted by Crippen LogP contribution is 2.38. The van der Waals surface area contributed by atoms with E-state index in [1.165, 1.54) is 12.1 Å². The van der Waals surface area contributed by atoms with Crippen LogP contribution in [0.15, 0.2) is 36.4 Å². The molecule has 0 aliphatic heterocycles. The molecule has 0 fully saturated rings. The Morgan fingerprint density at radius 1 is 1.09 bits per heavy atom. The predicted octanol–water partition coefficient (Wildman–Crippen LogP) is 4.67. The van der Waals surface area contributed by atoms with Gasteiger partial charge in [-0.25, -0.2) is 4.98 Å². The topological polar surface area (TPSA) is 48.1 Å². The summed E-state index contributed by atoms with van der Waals surface area (Å²) >= 11 is 5.93. The van der Waals surface area contributed by atoms with Crippen molar-refractivity contribution in [3.8, 4) is 5.75 Å². The summed E-state index contributed by atoms with van der Waals surface area (Å²) in [6.45, 7) is 0. The molecule has 0 radical (unpaired) electrons. The van der Waals surface area contributed by atoms with Crippen LogP contribution in [0.1, 0.15) is 41.8 Å². The molecular weight excluding hydrogens is 329 g/mol. The molecule has 7 heteroatoms. The van der Waals surface area contributed by atoms with E-state index in [2.05, 4.69) is 4.98 Å². The van der Waals surface area contributed by atoms with E-state index >= 15 is 0 Å². The molecule has 2 N–H and O–H groups in total. The van der Waals surface area contributed by atoms with E-state index in [0.29, 0.717) is 29.4 Å². The number of benzene rings is 1. The fraction of sp³-hybridized carbons (Fsp3) is 0.312. The number of pyridine rings is 1. The Morgan fingerprint density at radius 2 is 1.78 bits per heavy atom. The first kappa shape index (κ1) is 16.1. The molecule has 1 heterocycles. The quantitative estimate of drug-likeness (QED) is 0.807. The molecule has 0 amide bonds. The average Bonchev–Trinajstić information content (AvgIpc) is 2.50. The summed E-state index contributed by atoms with van der Waals surface area (Å²) in [5, 5.41) is 0.332. The Balaban J connectivity index is 1.84. The van der Waals surface area contributed by atoms with Crippen LogP contribution in [0, 0.1) is 0 Å². The highest BCUT2D eigenvalue weighted by Gasteiger charge is 2.31. The summed E-state index contributed by atoms with van der Waals surface area (Å²) in [6, 6.07) is 7.95. The van der Waals surface area contributed by atoms with Gasteiger partial charge in [-0.1, -0.05) is 17.7 Å². The molecule has 2 aromatic rings. The van der Waals surface area contributed by atoms with Crippen molar-refractivity contribution in [2.75, 3.05) is 0 Å². The number of halogens is 4. The van der Waals surface area contributed by atoms with Crippen LogP contribution in [-0.4, -0.2) is 4.98 Å². The maximum atomic E-state index is 12.6. The molecular formula is C16H14ClF3N2O. The Labute approximate surface area is 136 Å². The smallest absolute Gasteiger partial charge is 0.416 e. The lowest BCUT2D eigenvalue weighted by Gasteiger charge is -2.29. The van der Waals surface area contributed by atoms with Gasteiger partial charge in [-0.05, 0) is 48.7 Å². The third-order valence-corrected chi connectivity index (χ3v) is 4.04. The van der Waals surface area contributed by atoms with Gasteiger partial charge >= 0.3 is 6.18 Å². The van der Waals surface area contributed by atoms with Crippen molar-refractivity contribution < 1.29 is 17.9 Å². The second kappa shape index (κ2) is 6.02. The molecule has 1 aliphatic carbocycles. The van der Waals surface area contributed by atoms with Gasteiger partial charge in [0, 0.05) is 6.04 Å². The highest BCUT2D eigenvalue weighted by atomic mass is 35.5. The fourth-order valence-electron chi connectivity index (χ4n) is 2.66. The van der Waals surface area contributed by atoms with Gasteiger partial charge in [-0.2, -0.15) is 13.2 Å². The van der Waals surface area contributed by atoms with E-state index in [4.69, 9.17) is 22.1 Å². The van der Waals surface area contributed by atoms with Crippen LogP contribution in [0.5, 0.6) is 5.75 Å². The van der Waals surface area contributed by atoms with Crippen molar-refractivity contribution >= 4 is 11.6 Å². The summed E-state index contributed by atoms with van der Waals surface area (Å²) in [4.78, 5) is 4.28. The summed E-state index contributed by atoms with van der Waals surface area (Å²) in [5.74, 6) is 0.353. The zero-order valence-electron chi connectivity index (χ0n) is 12.0. The van der Waals surface area contributed by atoms with Crippen molar-refractivity contribution in [1.29, 1.82) is 0 Å². The van der Waals surface area contributed by atoms with Crippen LogP contribution in [-0.2, 0) is 6.18 Å².